The summed E-state index contributed by atoms with van der Waals surface area (Å²) < 4.78 is 5.11. The van der Waals surface area contributed by atoms with E-state index in [0.29, 0.717) is 6.61 Å². The molecule has 0 bridgehead atoms. The SMILES string of the molecule is C=CCCCCCCCOC(=O)N[C@H](C(=O)O)C1CCCCC1. The average molecular weight is 325 g/mol. The van der Waals surface area contributed by atoms with Gasteiger partial charge in [-0.25, -0.2) is 9.59 Å². The smallest absolute Gasteiger partial charge is 0.407 e. The van der Waals surface area contributed by atoms with Gasteiger partial charge in [-0.05, 0) is 38.0 Å². The van der Waals surface area contributed by atoms with E-state index < -0.39 is 18.1 Å². The zero-order valence-corrected chi connectivity index (χ0v) is 14.1. The number of nitrogens with one attached hydrogen (secondary N) is 1. The van der Waals surface area contributed by atoms with E-state index >= 15 is 0 Å². The second kappa shape index (κ2) is 12.0. The van der Waals surface area contributed by atoms with Gasteiger partial charge in [0.1, 0.15) is 6.04 Å². The van der Waals surface area contributed by atoms with Crippen LogP contribution in [-0.2, 0) is 9.53 Å². The Morgan fingerprint density at radius 3 is 2.43 bits per heavy atom. The number of allylic oxidation sites excluding steroid dienone is 1. The van der Waals surface area contributed by atoms with Crippen LogP contribution in [0, 0.1) is 5.92 Å². The van der Waals surface area contributed by atoms with Crippen LogP contribution in [0.5, 0.6) is 0 Å². The highest BCUT2D eigenvalue weighted by molar-refractivity contribution is 5.80. The molecule has 5 nitrogen and oxygen atoms in total. The number of hydrogen-bond donors (Lipinski definition) is 2. The quantitative estimate of drug-likeness (QED) is 0.439. The maximum Gasteiger partial charge on any atom is 0.407 e. The molecule has 1 aliphatic carbocycles. The number of carbonyl (C=O) groups is 2. The Hall–Kier alpha value is -1.52. The predicted molar refractivity (Wildman–Crippen MR) is 90.4 cm³/mol. The van der Waals surface area contributed by atoms with Crippen LogP contribution in [0.25, 0.3) is 0 Å². The van der Waals surface area contributed by atoms with Crippen molar-refractivity contribution in [3.8, 4) is 0 Å². The number of unbranched alkanes of at least 4 members (excludes halogenated alkanes) is 5. The molecule has 1 amide bonds. The van der Waals surface area contributed by atoms with Gasteiger partial charge in [-0.1, -0.05) is 44.6 Å². The molecule has 2 N–H and O–H groups in total. The van der Waals surface area contributed by atoms with E-state index in [1.54, 1.807) is 0 Å². The minimum atomic E-state index is -0.962. The van der Waals surface area contributed by atoms with Crippen LogP contribution in [-0.4, -0.2) is 29.8 Å². The number of carbonyl (C=O) groups excluding carboxylic acids is 1. The Bertz CT molecular complexity index is 364. The van der Waals surface area contributed by atoms with Gasteiger partial charge in [-0.2, -0.15) is 0 Å². The first-order valence-electron chi connectivity index (χ1n) is 8.92. The third-order valence-electron chi connectivity index (χ3n) is 4.45. The van der Waals surface area contributed by atoms with Gasteiger partial charge in [0.2, 0.25) is 0 Å². The molecular weight excluding hydrogens is 294 g/mol. The van der Waals surface area contributed by atoms with Crippen molar-refractivity contribution in [3.63, 3.8) is 0 Å². The lowest BCUT2D eigenvalue weighted by atomic mass is 9.84. The number of carboxylic acids is 1. The maximum absolute atomic E-state index is 11.8. The van der Waals surface area contributed by atoms with Crippen molar-refractivity contribution in [1.29, 1.82) is 0 Å². The van der Waals surface area contributed by atoms with Gasteiger partial charge < -0.3 is 15.2 Å². The second-order valence-corrected chi connectivity index (χ2v) is 6.34. The Kier molecular flexibility index (Phi) is 10.2. The van der Waals surface area contributed by atoms with Crippen LogP contribution in [0.15, 0.2) is 12.7 Å². The van der Waals surface area contributed by atoms with E-state index in [2.05, 4.69) is 11.9 Å². The molecule has 132 valence electrons. The van der Waals surface area contributed by atoms with Crippen molar-refractivity contribution >= 4 is 12.1 Å². The highest BCUT2D eigenvalue weighted by Gasteiger charge is 2.31. The van der Waals surface area contributed by atoms with Crippen LogP contribution in [0.4, 0.5) is 4.79 Å². The van der Waals surface area contributed by atoms with E-state index in [9.17, 15) is 14.7 Å². The fraction of sp³-hybridized carbons (Fsp3) is 0.778. The summed E-state index contributed by atoms with van der Waals surface area (Å²) in [4.78, 5) is 23.1. The van der Waals surface area contributed by atoms with Gasteiger partial charge in [0.05, 0.1) is 6.61 Å². The topological polar surface area (TPSA) is 75.6 Å². The molecule has 0 radical (unpaired) electrons. The molecule has 0 aromatic rings. The molecule has 0 aromatic heterocycles. The first-order valence-corrected chi connectivity index (χ1v) is 8.92. The van der Waals surface area contributed by atoms with Crippen molar-refractivity contribution < 1.29 is 19.4 Å². The van der Waals surface area contributed by atoms with Crippen LogP contribution in [0.3, 0.4) is 0 Å². The molecule has 23 heavy (non-hydrogen) atoms. The molecule has 1 saturated carbocycles. The summed E-state index contributed by atoms with van der Waals surface area (Å²) in [5.41, 5.74) is 0. The normalized spacial score (nSPS) is 16.5. The predicted octanol–water partition coefficient (Wildman–Crippen LogP) is 4.27. The molecule has 0 aliphatic heterocycles. The number of aliphatic carboxylic acids is 1. The molecule has 0 aromatic carbocycles. The molecule has 1 rings (SSSR count). The maximum atomic E-state index is 11.8. The lowest BCUT2D eigenvalue weighted by Gasteiger charge is -2.27. The number of carboxylic acid groups (broad SMARTS) is 1. The highest BCUT2D eigenvalue weighted by atomic mass is 16.5. The molecule has 0 unspecified atom stereocenters. The third-order valence-corrected chi connectivity index (χ3v) is 4.45. The molecule has 1 atom stereocenters. The molecule has 0 saturated heterocycles. The molecule has 0 heterocycles. The molecule has 5 heteroatoms. The number of ether oxygens (including phenoxy) is 1. The molecular formula is C18H31NO4. The lowest BCUT2D eigenvalue weighted by molar-refractivity contribution is -0.141. The molecule has 1 aliphatic rings. The van der Waals surface area contributed by atoms with Crippen LogP contribution >= 0.6 is 0 Å². The van der Waals surface area contributed by atoms with Crippen LogP contribution in [0.1, 0.15) is 70.6 Å². The van der Waals surface area contributed by atoms with Gasteiger partial charge >= 0.3 is 12.1 Å². The Labute approximate surface area is 139 Å². The van der Waals surface area contributed by atoms with Crippen molar-refractivity contribution in [2.45, 2.75) is 76.7 Å². The number of hydrogen-bond acceptors (Lipinski definition) is 3. The summed E-state index contributed by atoms with van der Waals surface area (Å²) in [5, 5.41) is 11.8. The van der Waals surface area contributed by atoms with Gasteiger partial charge in [-0.15, -0.1) is 6.58 Å². The monoisotopic (exact) mass is 325 g/mol. The van der Waals surface area contributed by atoms with Crippen LogP contribution < -0.4 is 5.32 Å². The number of rotatable bonds is 11. The Morgan fingerprint density at radius 1 is 1.13 bits per heavy atom. The average Bonchev–Trinajstić information content (AvgIpc) is 2.55. The summed E-state index contributed by atoms with van der Waals surface area (Å²) in [7, 11) is 0. The van der Waals surface area contributed by atoms with E-state index in [1.165, 1.54) is 6.42 Å². The fourth-order valence-corrected chi connectivity index (χ4v) is 3.10. The summed E-state index contributed by atoms with van der Waals surface area (Å²) in [5.74, 6) is -0.935. The van der Waals surface area contributed by atoms with E-state index in [4.69, 9.17) is 4.74 Å². The standard InChI is InChI=1S/C18H31NO4/c1-2-3-4-5-6-7-11-14-23-18(22)19-16(17(20)21)15-12-9-8-10-13-15/h2,15-16H,1,3-14H2,(H,19,22)(H,20,21)/t16-/m0/s1. The minimum absolute atomic E-state index is 0.0265. The van der Waals surface area contributed by atoms with E-state index in [0.717, 1.165) is 64.2 Å². The first-order chi connectivity index (χ1) is 11.1. The van der Waals surface area contributed by atoms with E-state index in [-0.39, 0.29) is 5.92 Å². The van der Waals surface area contributed by atoms with Gasteiger partial charge in [-0.3, -0.25) is 0 Å². The largest absolute Gasteiger partial charge is 0.480 e. The minimum Gasteiger partial charge on any atom is -0.480 e. The zero-order chi connectivity index (χ0) is 16.9. The highest BCUT2D eigenvalue weighted by Crippen LogP contribution is 2.26. The van der Waals surface area contributed by atoms with Gasteiger partial charge in [0.15, 0.2) is 0 Å². The van der Waals surface area contributed by atoms with Gasteiger partial charge in [0.25, 0.3) is 0 Å². The van der Waals surface area contributed by atoms with Crippen LogP contribution in [0.2, 0.25) is 0 Å². The summed E-state index contributed by atoms with van der Waals surface area (Å²) in [6, 6.07) is -0.818. The van der Waals surface area contributed by atoms with Gasteiger partial charge in [0, 0.05) is 0 Å². The first kappa shape index (κ1) is 19.5. The van der Waals surface area contributed by atoms with Crippen molar-refractivity contribution in [3.05, 3.63) is 12.7 Å². The summed E-state index contributed by atoms with van der Waals surface area (Å²) >= 11 is 0. The Balaban J connectivity index is 2.15. The zero-order valence-electron chi connectivity index (χ0n) is 14.1. The second-order valence-electron chi connectivity index (χ2n) is 6.34. The van der Waals surface area contributed by atoms with Crippen molar-refractivity contribution in [2.24, 2.45) is 5.92 Å². The summed E-state index contributed by atoms with van der Waals surface area (Å²) in [6.07, 6.45) is 12.6. The fourth-order valence-electron chi connectivity index (χ4n) is 3.10. The van der Waals surface area contributed by atoms with Crippen molar-refractivity contribution in [2.75, 3.05) is 6.61 Å². The lowest BCUT2D eigenvalue weighted by Crippen LogP contribution is -2.46. The number of alkyl carbamates (subject to hydrolysis) is 1. The van der Waals surface area contributed by atoms with Crippen molar-refractivity contribution in [1.82, 2.24) is 5.32 Å². The number of amides is 1. The van der Waals surface area contributed by atoms with E-state index in [1.807, 2.05) is 6.08 Å². The third kappa shape index (κ3) is 8.62. The Morgan fingerprint density at radius 2 is 1.78 bits per heavy atom. The molecule has 0 spiro atoms. The summed E-state index contributed by atoms with van der Waals surface area (Å²) in [6.45, 7) is 4.04. The molecule has 1 fully saturated rings.